The van der Waals surface area contributed by atoms with Crippen LogP contribution in [0, 0.1) is 0 Å². The van der Waals surface area contributed by atoms with Crippen molar-refractivity contribution in [2.75, 3.05) is 13.6 Å². The molecule has 0 atom stereocenters. The smallest absolute Gasteiger partial charge is 0.406 e. The monoisotopic (exact) mass is 276 g/mol. The molecule has 0 radical (unpaired) electrons. The molecule has 0 aromatic heterocycles. The van der Waals surface area contributed by atoms with Gasteiger partial charge in [-0.05, 0) is 17.7 Å². The second kappa shape index (κ2) is 6.42. The molecule has 0 bridgehead atoms. The van der Waals surface area contributed by atoms with Gasteiger partial charge in [0.05, 0.1) is 0 Å². The molecule has 2 N–H and O–H groups in total. The average molecular weight is 276 g/mol. The Morgan fingerprint density at radius 3 is 2.68 bits per heavy atom. The number of nitrogens with zero attached hydrogens (tertiary/aromatic N) is 1. The molecule has 7 heteroatoms. The fourth-order valence-electron chi connectivity index (χ4n) is 1.52. The molecule has 19 heavy (non-hydrogen) atoms. The van der Waals surface area contributed by atoms with Crippen LogP contribution in [0.4, 0.5) is 13.2 Å². The van der Waals surface area contributed by atoms with E-state index in [9.17, 15) is 18.0 Å². The maximum Gasteiger partial charge on any atom is 0.573 e. The van der Waals surface area contributed by atoms with Crippen LogP contribution in [-0.4, -0.2) is 30.8 Å². The van der Waals surface area contributed by atoms with Gasteiger partial charge in [-0.25, -0.2) is 0 Å². The van der Waals surface area contributed by atoms with Crippen LogP contribution < -0.4 is 10.5 Å². The second-order valence-electron chi connectivity index (χ2n) is 3.98. The summed E-state index contributed by atoms with van der Waals surface area (Å²) in [5.74, 6) is -0.464. The first-order valence-corrected chi connectivity index (χ1v) is 5.60. The number of carbonyl (C=O) groups excluding carboxylic acids is 1. The van der Waals surface area contributed by atoms with Gasteiger partial charge in [-0.2, -0.15) is 0 Å². The predicted molar refractivity (Wildman–Crippen MR) is 63.3 cm³/mol. The van der Waals surface area contributed by atoms with Gasteiger partial charge in [0.25, 0.3) is 0 Å². The van der Waals surface area contributed by atoms with Crippen molar-refractivity contribution < 1.29 is 22.7 Å². The molecule has 0 aliphatic carbocycles. The third-order valence-electron chi connectivity index (χ3n) is 2.34. The highest BCUT2D eigenvalue weighted by atomic mass is 19.4. The Hall–Kier alpha value is -1.76. The molecule has 1 aromatic rings. The number of hydrogen-bond donors (Lipinski definition) is 1. The topological polar surface area (TPSA) is 55.6 Å². The summed E-state index contributed by atoms with van der Waals surface area (Å²) in [6.45, 7) is 0.439. The first kappa shape index (κ1) is 15.3. The number of amides is 1. The number of halogens is 3. The summed E-state index contributed by atoms with van der Waals surface area (Å²) in [4.78, 5) is 12.9. The van der Waals surface area contributed by atoms with Crippen LogP contribution in [0.2, 0.25) is 0 Å². The highest BCUT2D eigenvalue weighted by Gasteiger charge is 2.31. The lowest BCUT2D eigenvalue weighted by molar-refractivity contribution is -0.274. The average Bonchev–Trinajstić information content (AvgIpc) is 2.27. The summed E-state index contributed by atoms with van der Waals surface area (Å²) in [7, 11) is 1.56. The van der Waals surface area contributed by atoms with Crippen LogP contribution in [0.25, 0.3) is 0 Å². The Kier molecular flexibility index (Phi) is 5.17. The van der Waals surface area contributed by atoms with Crippen LogP contribution >= 0.6 is 0 Å². The zero-order chi connectivity index (χ0) is 14.5. The SMILES string of the molecule is CN(Cc1cccc(OC(F)(F)F)c1)C(=O)CCN. The van der Waals surface area contributed by atoms with E-state index in [0.717, 1.165) is 0 Å². The Morgan fingerprint density at radius 1 is 1.42 bits per heavy atom. The molecule has 0 aliphatic heterocycles. The van der Waals surface area contributed by atoms with E-state index in [-0.39, 0.29) is 31.2 Å². The number of benzene rings is 1. The quantitative estimate of drug-likeness (QED) is 0.893. The van der Waals surface area contributed by atoms with Gasteiger partial charge in [0.1, 0.15) is 5.75 Å². The van der Waals surface area contributed by atoms with Gasteiger partial charge in [0, 0.05) is 26.6 Å². The van der Waals surface area contributed by atoms with Gasteiger partial charge in [-0.15, -0.1) is 13.2 Å². The molecule has 0 heterocycles. The van der Waals surface area contributed by atoms with Gasteiger partial charge in [0.2, 0.25) is 5.91 Å². The van der Waals surface area contributed by atoms with E-state index in [4.69, 9.17) is 5.73 Å². The van der Waals surface area contributed by atoms with Gasteiger partial charge >= 0.3 is 6.36 Å². The molecule has 0 fully saturated rings. The van der Waals surface area contributed by atoms with Crippen LogP contribution in [0.5, 0.6) is 5.75 Å². The van der Waals surface area contributed by atoms with E-state index in [1.807, 2.05) is 0 Å². The molecule has 106 valence electrons. The molecule has 0 aliphatic rings. The van der Waals surface area contributed by atoms with E-state index in [1.54, 1.807) is 13.1 Å². The zero-order valence-electron chi connectivity index (χ0n) is 10.4. The highest BCUT2D eigenvalue weighted by molar-refractivity contribution is 5.76. The molecule has 1 amide bonds. The molecular weight excluding hydrogens is 261 g/mol. The normalized spacial score (nSPS) is 11.2. The van der Waals surface area contributed by atoms with Gasteiger partial charge in [-0.3, -0.25) is 4.79 Å². The minimum atomic E-state index is -4.72. The molecule has 0 spiro atoms. The molecule has 1 rings (SSSR count). The Bertz CT molecular complexity index is 435. The number of nitrogens with two attached hydrogens (primary N) is 1. The fraction of sp³-hybridized carbons (Fsp3) is 0.417. The van der Waals surface area contributed by atoms with E-state index in [0.29, 0.717) is 5.56 Å². The molecule has 0 saturated carbocycles. The summed E-state index contributed by atoms with van der Waals surface area (Å²) >= 11 is 0. The van der Waals surface area contributed by atoms with Gasteiger partial charge in [-0.1, -0.05) is 12.1 Å². The molecular formula is C12H15F3N2O2. The number of rotatable bonds is 5. The van der Waals surface area contributed by atoms with Crippen molar-refractivity contribution in [1.29, 1.82) is 0 Å². The summed E-state index contributed by atoms with van der Waals surface area (Å²) in [5, 5.41) is 0. The van der Waals surface area contributed by atoms with Crippen molar-refractivity contribution in [3.63, 3.8) is 0 Å². The van der Waals surface area contributed by atoms with E-state index in [2.05, 4.69) is 4.74 Å². The zero-order valence-corrected chi connectivity index (χ0v) is 10.4. The van der Waals surface area contributed by atoms with E-state index >= 15 is 0 Å². The van der Waals surface area contributed by atoms with Gasteiger partial charge in [0.15, 0.2) is 0 Å². The molecule has 0 saturated heterocycles. The Balaban J connectivity index is 2.69. The largest absolute Gasteiger partial charge is 0.573 e. The Morgan fingerprint density at radius 2 is 2.11 bits per heavy atom. The molecule has 1 aromatic carbocycles. The van der Waals surface area contributed by atoms with Crippen molar-refractivity contribution >= 4 is 5.91 Å². The van der Waals surface area contributed by atoms with Gasteiger partial charge < -0.3 is 15.4 Å². The maximum absolute atomic E-state index is 12.1. The van der Waals surface area contributed by atoms with Crippen molar-refractivity contribution in [3.8, 4) is 5.75 Å². The maximum atomic E-state index is 12.1. The lowest BCUT2D eigenvalue weighted by Gasteiger charge is -2.17. The number of alkyl halides is 3. The lowest BCUT2D eigenvalue weighted by Crippen LogP contribution is -2.28. The first-order chi connectivity index (χ1) is 8.81. The standard InChI is InChI=1S/C12H15F3N2O2/c1-17(11(18)5-6-16)8-9-3-2-4-10(7-9)19-12(13,14)15/h2-4,7H,5-6,8,16H2,1H3. The summed E-state index contributed by atoms with van der Waals surface area (Å²) in [6.07, 6.45) is -4.52. The third-order valence-corrected chi connectivity index (χ3v) is 2.34. The third kappa shape index (κ3) is 5.60. The molecule has 4 nitrogen and oxygen atoms in total. The van der Waals surface area contributed by atoms with Crippen LogP contribution in [0.1, 0.15) is 12.0 Å². The predicted octanol–water partition coefficient (Wildman–Crippen LogP) is 1.89. The van der Waals surface area contributed by atoms with Crippen molar-refractivity contribution in [3.05, 3.63) is 29.8 Å². The summed E-state index contributed by atoms with van der Waals surface area (Å²) in [6, 6.07) is 5.52. The fourth-order valence-corrected chi connectivity index (χ4v) is 1.52. The molecule has 0 unspecified atom stereocenters. The van der Waals surface area contributed by atoms with Crippen molar-refractivity contribution in [1.82, 2.24) is 4.90 Å². The van der Waals surface area contributed by atoms with Crippen molar-refractivity contribution in [2.45, 2.75) is 19.3 Å². The summed E-state index contributed by atoms with van der Waals surface area (Å²) in [5.41, 5.74) is 5.81. The number of hydrogen-bond acceptors (Lipinski definition) is 3. The minimum Gasteiger partial charge on any atom is -0.406 e. The van der Waals surface area contributed by atoms with Crippen LogP contribution in [0.3, 0.4) is 0 Å². The highest BCUT2D eigenvalue weighted by Crippen LogP contribution is 2.23. The van der Waals surface area contributed by atoms with E-state index in [1.165, 1.54) is 23.1 Å². The second-order valence-corrected chi connectivity index (χ2v) is 3.98. The lowest BCUT2D eigenvalue weighted by atomic mass is 10.2. The Labute approximate surface area is 108 Å². The number of carbonyl (C=O) groups is 1. The first-order valence-electron chi connectivity index (χ1n) is 5.60. The van der Waals surface area contributed by atoms with Crippen LogP contribution in [-0.2, 0) is 11.3 Å². The number of ether oxygens (including phenoxy) is 1. The van der Waals surface area contributed by atoms with Crippen molar-refractivity contribution in [2.24, 2.45) is 5.73 Å². The van der Waals surface area contributed by atoms with Crippen LogP contribution in [0.15, 0.2) is 24.3 Å². The van der Waals surface area contributed by atoms with E-state index < -0.39 is 6.36 Å². The summed E-state index contributed by atoms with van der Waals surface area (Å²) < 4.78 is 40.0. The minimum absolute atomic E-state index is 0.162.